The quantitative estimate of drug-likeness (QED) is 0.934. The van der Waals surface area contributed by atoms with Crippen molar-refractivity contribution < 1.29 is 9.18 Å². The van der Waals surface area contributed by atoms with Crippen molar-refractivity contribution in [3.05, 3.63) is 63.9 Å². The highest BCUT2D eigenvalue weighted by atomic mass is 79.9. The Kier molecular flexibility index (Phi) is 4.52. The molecule has 0 saturated heterocycles. The number of carbonyl (C=O) groups is 1. The van der Waals surface area contributed by atoms with E-state index in [1.807, 2.05) is 24.3 Å². The summed E-state index contributed by atoms with van der Waals surface area (Å²) in [6.45, 7) is 0.454. The fourth-order valence-corrected chi connectivity index (χ4v) is 2.04. The summed E-state index contributed by atoms with van der Waals surface area (Å²) in [5.74, 6) is -0.723. The smallest absolute Gasteiger partial charge is 0.258 e. The second kappa shape index (κ2) is 6.15. The first-order valence-electron chi connectivity index (χ1n) is 6.05. The van der Waals surface area contributed by atoms with Crippen molar-refractivity contribution in [2.45, 2.75) is 6.54 Å². The van der Waals surface area contributed by atoms with Crippen LogP contribution in [0.1, 0.15) is 15.9 Å². The van der Waals surface area contributed by atoms with Crippen LogP contribution in [0.2, 0.25) is 0 Å². The van der Waals surface area contributed by atoms with Crippen LogP contribution in [0.4, 0.5) is 10.1 Å². The molecule has 0 radical (unpaired) electrons. The van der Waals surface area contributed by atoms with Crippen LogP contribution in [0.3, 0.4) is 0 Å². The molecule has 0 saturated carbocycles. The Morgan fingerprint density at radius 1 is 1.25 bits per heavy atom. The Morgan fingerprint density at radius 3 is 2.45 bits per heavy atom. The number of anilines is 1. The van der Waals surface area contributed by atoms with E-state index < -0.39 is 5.82 Å². The van der Waals surface area contributed by atoms with E-state index in [9.17, 15) is 9.18 Å². The fourth-order valence-electron chi connectivity index (χ4n) is 1.80. The molecule has 0 aliphatic carbocycles. The maximum atomic E-state index is 13.5. The van der Waals surface area contributed by atoms with Gasteiger partial charge < -0.3 is 10.6 Å². The SMILES string of the molecule is CN(C(=O)c1ccc(Br)c(F)c1)c1ccc(CN)cc1. The van der Waals surface area contributed by atoms with E-state index in [0.717, 1.165) is 11.3 Å². The van der Waals surface area contributed by atoms with E-state index >= 15 is 0 Å². The number of carbonyl (C=O) groups excluding carboxylic acids is 1. The maximum Gasteiger partial charge on any atom is 0.258 e. The molecule has 3 nitrogen and oxygen atoms in total. The van der Waals surface area contributed by atoms with Crippen LogP contribution in [0, 0.1) is 5.82 Å². The number of rotatable bonds is 3. The minimum atomic E-state index is -0.456. The lowest BCUT2D eigenvalue weighted by molar-refractivity contribution is 0.0992. The number of hydrogen-bond acceptors (Lipinski definition) is 2. The van der Waals surface area contributed by atoms with Crippen LogP contribution in [0.25, 0.3) is 0 Å². The third kappa shape index (κ3) is 3.05. The lowest BCUT2D eigenvalue weighted by atomic mass is 10.1. The van der Waals surface area contributed by atoms with Gasteiger partial charge in [-0.3, -0.25) is 4.79 Å². The van der Waals surface area contributed by atoms with Gasteiger partial charge in [0.25, 0.3) is 5.91 Å². The first-order chi connectivity index (χ1) is 9.52. The van der Waals surface area contributed by atoms with Gasteiger partial charge in [0.15, 0.2) is 0 Å². The van der Waals surface area contributed by atoms with E-state index in [4.69, 9.17) is 5.73 Å². The van der Waals surface area contributed by atoms with Crippen LogP contribution < -0.4 is 10.6 Å². The van der Waals surface area contributed by atoms with Crippen molar-refractivity contribution in [3.63, 3.8) is 0 Å². The number of nitrogens with two attached hydrogens (primary N) is 1. The minimum absolute atomic E-state index is 0.267. The maximum absolute atomic E-state index is 13.5. The molecule has 2 aromatic carbocycles. The minimum Gasteiger partial charge on any atom is -0.326 e. The van der Waals surface area contributed by atoms with Crippen LogP contribution in [0.15, 0.2) is 46.9 Å². The zero-order valence-electron chi connectivity index (χ0n) is 10.9. The summed E-state index contributed by atoms with van der Waals surface area (Å²) in [4.78, 5) is 13.8. The zero-order chi connectivity index (χ0) is 14.7. The monoisotopic (exact) mass is 336 g/mol. The third-order valence-electron chi connectivity index (χ3n) is 3.03. The van der Waals surface area contributed by atoms with Gasteiger partial charge in [0.2, 0.25) is 0 Å². The molecule has 0 bridgehead atoms. The zero-order valence-corrected chi connectivity index (χ0v) is 12.5. The van der Waals surface area contributed by atoms with Gasteiger partial charge in [0, 0.05) is 24.8 Å². The second-order valence-corrected chi connectivity index (χ2v) is 5.22. The lowest BCUT2D eigenvalue weighted by Gasteiger charge is -2.18. The number of halogens is 2. The average molecular weight is 337 g/mol. The highest BCUT2D eigenvalue weighted by molar-refractivity contribution is 9.10. The Balaban J connectivity index is 2.24. The molecule has 0 fully saturated rings. The predicted octanol–water partition coefficient (Wildman–Crippen LogP) is 3.32. The number of hydrogen-bond donors (Lipinski definition) is 1. The van der Waals surface area contributed by atoms with E-state index in [1.54, 1.807) is 13.1 Å². The second-order valence-electron chi connectivity index (χ2n) is 4.36. The standard InChI is InChI=1S/C15H14BrFN2O/c1-19(12-5-2-10(9-18)3-6-12)15(20)11-4-7-13(16)14(17)8-11/h2-8H,9,18H2,1H3. The van der Waals surface area contributed by atoms with Crippen molar-refractivity contribution >= 4 is 27.5 Å². The molecule has 0 spiro atoms. The van der Waals surface area contributed by atoms with E-state index in [-0.39, 0.29) is 5.91 Å². The fraction of sp³-hybridized carbons (Fsp3) is 0.133. The van der Waals surface area contributed by atoms with Gasteiger partial charge in [-0.25, -0.2) is 4.39 Å². The topological polar surface area (TPSA) is 46.3 Å². The molecule has 0 unspecified atom stereocenters. The van der Waals surface area contributed by atoms with Crippen molar-refractivity contribution in [2.24, 2.45) is 5.73 Å². The molecule has 0 atom stereocenters. The molecule has 20 heavy (non-hydrogen) atoms. The van der Waals surface area contributed by atoms with Gasteiger partial charge in [0.05, 0.1) is 4.47 Å². The van der Waals surface area contributed by atoms with Crippen molar-refractivity contribution in [3.8, 4) is 0 Å². The molecule has 0 heterocycles. The first-order valence-corrected chi connectivity index (χ1v) is 6.84. The normalized spacial score (nSPS) is 10.4. The van der Waals surface area contributed by atoms with Crippen molar-refractivity contribution in [2.75, 3.05) is 11.9 Å². The summed E-state index contributed by atoms with van der Waals surface area (Å²) in [5.41, 5.74) is 7.55. The molecule has 0 aliphatic rings. The van der Waals surface area contributed by atoms with Gasteiger partial charge >= 0.3 is 0 Å². The van der Waals surface area contributed by atoms with Gasteiger partial charge in [0.1, 0.15) is 5.82 Å². The molecule has 1 amide bonds. The highest BCUT2D eigenvalue weighted by Crippen LogP contribution is 2.20. The summed E-state index contributed by atoms with van der Waals surface area (Å²) < 4.78 is 13.8. The average Bonchev–Trinajstić information content (AvgIpc) is 2.48. The summed E-state index contributed by atoms with van der Waals surface area (Å²) >= 11 is 3.06. The first kappa shape index (κ1) is 14.7. The Labute approximate surface area is 125 Å². The molecule has 0 aliphatic heterocycles. The molecule has 0 aromatic heterocycles. The Morgan fingerprint density at radius 2 is 1.90 bits per heavy atom. The van der Waals surface area contributed by atoms with Gasteiger partial charge in [-0.2, -0.15) is 0 Å². The molecule has 2 aromatic rings. The van der Waals surface area contributed by atoms with E-state index in [1.165, 1.54) is 17.0 Å². The Bertz CT molecular complexity index is 628. The van der Waals surface area contributed by atoms with Crippen LogP contribution in [-0.2, 0) is 6.54 Å². The lowest BCUT2D eigenvalue weighted by Crippen LogP contribution is -2.26. The summed E-state index contributed by atoms with van der Waals surface area (Å²) in [6.07, 6.45) is 0. The van der Waals surface area contributed by atoms with Crippen LogP contribution >= 0.6 is 15.9 Å². The van der Waals surface area contributed by atoms with Crippen molar-refractivity contribution in [1.29, 1.82) is 0 Å². The highest BCUT2D eigenvalue weighted by Gasteiger charge is 2.14. The Hall–Kier alpha value is -1.72. The van der Waals surface area contributed by atoms with Crippen molar-refractivity contribution in [1.82, 2.24) is 0 Å². The van der Waals surface area contributed by atoms with E-state index in [2.05, 4.69) is 15.9 Å². The summed E-state index contributed by atoms with van der Waals surface area (Å²) in [5, 5.41) is 0. The molecule has 5 heteroatoms. The summed E-state index contributed by atoms with van der Waals surface area (Å²) in [6, 6.07) is 11.7. The van der Waals surface area contributed by atoms with Crippen LogP contribution in [-0.4, -0.2) is 13.0 Å². The molecular formula is C15H14BrFN2O. The number of amides is 1. The third-order valence-corrected chi connectivity index (χ3v) is 3.67. The number of benzene rings is 2. The predicted molar refractivity (Wildman–Crippen MR) is 81.2 cm³/mol. The molecule has 2 N–H and O–H groups in total. The molecular weight excluding hydrogens is 323 g/mol. The van der Waals surface area contributed by atoms with Gasteiger partial charge in [-0.15, -0.1) is 0 Å². The largest absolute Gasteiger partial charge is 0.326 e. The van der Waals surface area contributed by atoms with Gasteiger partial charge in [-0.1, -0.05) is 12.1 Å². The van der Waals surface area contributed by atoms with Gasteiger partial charge in [-0.05, 0) is 51.8 Å². The van der Waals surface area contributed by atoms with Crippen LogP contribution in [0.5, 0.6) is 0 Å². The summed E-state index contributed by atoms with van der Waals surface area (Å²) in [7, 11) is 1.65. The number of nitrogens with zero attached hydrogens (tertiary/aromatic N) is 1. The molecule has 104 valence electrons. The van der Waals surface area contributed by atoms with E-state index in [0.29, 0.717) is 16.6 Å². The molecule has 2 rings (SSSR count).